The molecule has 0 saturated carbocycles. The van der Waals surface area contributed by atoms with Crippen molar-refractivity contribution < 1.29 is 4.79 Å². The summed E-state index contributed by atoms with van der Waals surface area (Å²) >= 11 is 0. The van der Waals surface area contributed by atoms with Gasteiger partial charge in [0.15, 0.2) is 5.78 Å². The number of carbonyl (C=O) groups excluding carboxylic acids is 1. The Labute approximate surface area is 101 Å². The summed E-state index contributed by atoms with van der Waals surface area (Å²) in [5.41, 5.74) is 1.47. The van der Waals surface area contributed by atoms with Gasteiger partial charge in [-0.05, 0) is 31.2 Å². The minimum atomic E-state index is 0.0654. The highest BCUT2D eigenvalue weighted by molar-refractivity contribution is 5.94. The maximum absolute atomic E-state index is 11.1. The molecular formula is C12H16N4O. The van der Waals surface area contributed by atoms with Crippen LogP contribution in [0.25, 0.3) is 0 Å². The van der Waals surface area contributed by atoms with E-state index in [1.807, 2.05) is 17.1 Å². The molecule has 0 atom stereocenters. The smallest absolute Gasteiger partial charge is 0.159 e. The molecule has 1 saturated heterocycles. The first-order valence-corrected chi connectivity index (χ1v) is 5.74. The number of Topliss-reactive ketones (excluding diaryl/α,β-unsaturated/α-hetero) is 1. The first-order valence-electron chi connectivity index (χ1n) is 5.74. The summed E-state index contributed by atoms with van der Waals surface area (Å²) in [6.07, 6.45) is 0. The van der Waals surface area contributed by atoms with Crippen LogP contribution in [0.3, 0.4) is 0 Å². The Hall–Kier alpha value is -1.75. The van der Waals surface area contributed by atoms with Crippen LogP contribution in [0.15, 0.2) is 34.6 Å². The lowest BCUT2D eigenvalue weighted by Crippen LogP contribution is -2.40. The molecule has 0 unspecified atom stereocenters. The maximum atomic E-state index is 11.1. The number of rotatable bonds is 3. The van der Waals surface area contributed by atoms with Crippen LogP contribution >= 0.6 is 0 Å². The molecule has 1 heterocycles. The molecule has 0 spiro atoms. The second-order valence-electron chi connectivity index (χ2n) is 4.00. The van der Waals surface area contributed by atoms with Crippen LogP contribution in [0, 0.1) is 0 Å². The summed E-state index contributed by atoms with van der Waals surface area (Å²) < 4.78 is 0. The molecule has 0 radical (unpaired) electrons. The predicted molar refractivity (Wildman–Crippen MR) is 65.4 cm³/mol. The number of carbonyl (C=O) groups is 1. The number of hydrogen-bond acceptors (Lipinski definition) is 4. The minimum Gasteiger partial charge on any atom is -0.313 e. The average molecular weight is 232 g/mol. The average Bonchev–Trinajstić information content (AvgIpc) is 2.38. The zero-order chi connectivity index (χ0) is 12.1. The monoisotopic (exact) mass is 232 g/mol. The van der Waals surface area contributed by atoms with E-state index >= 15 is 0 Å². The molecule has 1 aliphatic rings. The third kappa shape index (κ3) is 3.35. The Kier molecular flexibility index (Phi) is 3.82. The Bertz CT molecular complexity index is 407. The first kappa shape index (κ1) is 11.7. The predicted octanol–water partition coefficient (Wildman–Crippen LogP) is 1.79. The van der Waals surface area contributed by atoms with E-state index in [9.17, 15) is 4.79 Å². The first-order chi connectivity index (χ1) is 8.25. The fourth-order valence-electron chi connectivity index (χ4n) is 1.62. The molecular weight excluding hydrogens is 216 g/mol. The van der Waals surface area contributed by atoms with Gasteiger partial charge in [-0.1, -0.05) is 5.22 Å². The van der Waals surface area contributed by atoms with E-state index in [-0.39, 0.29) is 5.78 Å². The number of nitrogens with zero attached hydrogens (tertiary/aromatic N) is 3. The molecule has 1 aliphatic heterocycles. The highest BCUT2D eigenvalue weighted by Gasteiger charge is 2.06. The van der Waals surface area contributed by atoms with Crippen LogP contribution in [-0.4, -0.2) is 37.0 Å². The van der Waals surface area contributed by atoms with Crippen LogP contribution < -0.4 is 5.32 Å². The van der Waals surface area contributed by atoms with Crippen molar-refractivity contribution in [1.82, 2.24) is 10.3 Å². The fourth-order valence-corrected chi connectivity index (χ4v) is 1.62. The molecule has 0 amide bonds. The van der Waals surface area contributed by atoms with E-state index in [0.717, 1.165) is 31.9 Å². The highest BCUT2D eigenvalue weighted by Crippen LogP contribution is 2.14. The van der Waals surface area contributed by atoms with Crippen molar-refractivity contribution in [3.63, 3.8) is 0 Å². The third-order valence-corrected chi connectivity index (χ3v) is 2.65. The lowest BCUT2D eigenvalue weighted by molar-refractivity contribution is 0.101. The summed E-state index contributed by atoms with van der Waals surface area (Å²) in [7, 11) is 0. The SMILES string of the molecule is CC(=O)c1ccc(N=NN2CCNCC2)cc1. The van der Waals surface area contributed by atoms with E-state index in [0.29, 0.717) is 5.56 Å². The summed E-state index contributed by atoms with van der Waals surface area (Å²) in [5, 5.41) is 13.5. The van der Waals surface area contributed by atoms with Crippen molar-refractivity contribution in [1.29, 1.82) is 0 Å². The van der Waals surface area contributed by atoms with Gasteiger partial charge in [0.2, 0.25) is 0 Å². The van der Waals surface area contributed by atoms with Crippen molar-refractivity contribution in [3.8, 4) is 0 Å². The number of hydrogen-bond donors (Lipinski definition) is 1. The molecule has 90 valence electrons. The summed E-state index contributed by atoms with van der Waals surface area (Å²) in [4.78, 5) is 11.1. The summed E-state index contributed by atoms with van der Waals surface area (Å²) in [5.74, 6) is 0.0654. The van der Waals surface area contributed by atoms with Gasteiger partial charge in [-0.25, -0.2) is 0 Å². The third-order valence-electron chi connectivity index (χ3n) is 2.65. The molecule has 5 nitrogen and oxygen atoms in total. The second kappa shape index (κ2) is 5.54. The van der Waals surface area contributed by atoms with Gasteiger partial charge < -0.3 is 5.32 Å². The largest absolute Gasteiger partial charge is 0.313 e. The molecule has 1 aromatic rings. The molecule has 1 fully saturated rings. The van der Waals surface area contributed by atoms with E-state index in [4.69, 9.17) is 0 Å². The van der Waals surface area contributed by atoms with Gasteiger partial charge in [-0.3, -0.25) is 9.80 Å². The Morgan fingerprint density at radius 3 is 2.47 bits per heavy atom. The lowest BCUT2D eigenvalue weighted by Gasteiger charge is -2.22. The standard InChI is InChI=1S/C12H16N4O/c1-10(17)11-2-4-12(5-3-11)14-15-16-8-6-13-7-9-16/h2-5,13H,6-9H2,1H3. The zero-order valence-electron chi connectivity index (χ0n) is 9.89. The fraction of sp³-hybridized carbons (Fsp3) is 0.417. The molecule has 5 heteroatoms. The summed E-state index contributed by atoms with van der Waals surface area (Å²) in [6, 6.07) is 7.16. The van der Waals surface area contributed by atoms with Crippen molar-refractivity contribution in [2.45, 2.75) is 6.92 Å². The topological polar surface area (TPSA) is 57.1 Å². The highest BCUT2D eigenvalue weighted by atomic mass is 16.1. The Morgan fingerprint density at radius 2 is 1.88 bits per heavy atom. The molecule has 2 rings (SSSR count). The normalized spacial score (nSPS) is 16.4. The number of ketones is 1. The zero-order valence-corrected chi connectivity index (χ0v) is 9.89. The van der Waals surface area contributed by atoms with Crippen LogP contribution in [0.4, 0.5) is 5.69 Å². The van der Waals surface area contributed by atoms with Gasteiger partial charge in [0.05, 0.1) is 18.8 Å². The minimum absolute atomic E-state index is 0.0654. The van der Waals surface area contributed by atoms with Crippen molar-refractivity contribution in [3.05, 3.63) is 29.8 Å². The van der Waals surface area contributed by atoms with E-state index < -0.39 is 0 Å². The molecule has 1 aromatic carbocycles. The number of benzene rings is 1. The van der Waals surface area contributed by atoms with Crippen molar-refractivity contribution in [2.75, 3.05) is 26.2 Å². The number of piperazine rings is 1. The Balaban J connectivity index is 1.98. The number of nitrogens with one attached hydrogen (secondary N) is 1. The molecule has 0 aromatic heterocycles. The van der Waals surface area contributed by atoms with Gasteiger partial charge >= 0.3 is 0 Å². The second-order valence-corrected chi connectivity index (χ2v) is 4.00. The molecule has 1 N–H and O–H groups in total. The molecule has 0 aliphatic carbocycles. The Morgan fingerprint density at radius 1 is 1.24 bits per heavy atom. The quantitative estimate of drug-likeness (QED) is 0.638. The van der Waals surface area contributed by atoms with Crippen LogP contribution in [0.1, 0.15) is 17.3 Å². The van der Waals surface area contributed by atoms with Gasteiger partial charge in [-0.15, -0.1) is 5.11 Å². The van der Waals surface area contributed by atoms with Gasteiger partial charge in [0.1, 0.15) is 0 Å². The van der Waals surface area contributed by atoms with Crippen LogP contribution in [-0.2, 0) is 0 Å². The summed E-state index contributed by atoms with van der Waals surface area (Å²) in [6.45, 7) is 5.21. The van der Waals surface area contributed by atoms with Crippen molar-refractivity contribution in [2.24, 2.45) is 10.3 Å². The van der Waals surface area contributed by atoms with E-state index in [2.05, 4.69) is 15.7 Å². The van der Waals surface area contributed by atoms with Crippen molar-refractivity contribution >= 4 is 11.5 Å². The van der Waals surface area contributed by atoms with Gasteiger partial charge in [0, 0.05) is 18.7 Å². The lowest BCUT2D eigenvalue weighted by atomic mass is 10.1. The van der Waals surface area contributed by atoms with Crippen LogP contribution in [0.5, 0.6) is 0 Å². The molecule has 0 bridgehead atoms. The molecule has 17 heavy (non-hydrogen) atoms. The van der Waals surface area contributed by atoms with E-state index in [1.54, 1.807) is 19.1 Å². The van der Waals surface area contributed by atoms with Gasteiger partial charge in [0.25, 0.3) is 0 Å². The van der Waals surface area contributed by atoms with Gasteiger partial charge in [-0.2, -0.15) is 0 Å². The van der Waals surface area contributed by atoms with Crippen LogP contribution in [0.2, 0.25) is 0 Å². The van der Waals surface area contributed by atoms with E-state index in [1.165, 1.54) is 0 Å². The maximum Gasteiger partial charge on any atom is 0.159 e.